The molecule has 4 nitrogen and oxygen atoms in total. The maximum absolute atomic E-state index is 12.5. The zero-order valence-electron chi connectivity index (χ0n) is 13.6. The van der Waals surface area contributed by atoms with Crippen LogP contribution in [0.4, 0.5) is 0 Å². The number of aryl methyl sites for hydroxylation is 1. The van der Waals surface area contributed by atoms with Gasteiger partial charge in [-0.2, -0.15) is 0 Å². The van der Waals surface area contributed by atoms with Crippen molar-refractivity contribution in [1.82, 2.24) is 4.57 Å². The molecule has 1 aromatic carbocycles. The Morgan fingerprint density at radius 1 is 1.35 bits per heavy atom. The zero-order valence-corrected chi connectivity index (χ0v) is 13.6. The van der Waals surface area contributed by atoms with Crippen LogP contribution in [0.25, 0.3) is 10.9 Å². The van der Waals surface area contributed by atoms with E-state index in [4.69, 9.17) is 11.8 Å². The van der Waals surface area contributed by atoms with Crippen molar-refractivity contribution < 1.29 is 9.37 Å². The molecule has 23 heavy (non-hydrogen) atoms. The van der Waals surface area contributed by atoms with Gasteiger partial charge in [0.1, 0.15) is 13.6 Å². The lowest BCUT2D eigenvalue weighted by Gasteiger charge is -2.07. The summed E-state index contributed by atoms with van der Waals surface area (Å²) < 4.78 is 4.19. The Hall–Kier alpha value is -2.67. The van der Waals surface area contributed by atoms with Crippen LogP contribution in [-0.2, 0) is 7.05 Å². The summed E-state index contributed by atoms with van der Waals surface area (Å²) in [7, 11) is 4.05. The zero-order chi connectivity index (χ0) is 16.8. The van der Waals surface area contributed by atoms with Gasteiger partial charge < -0.3 is 16.4 Å². The van der Waals surface area contributed by atoms with Gasteiger partial charge in [0.2, 0.25) is 0 Å². The van der Waals surface area contributed by atoms with Crippen LogP contribution in [0.5, 0.6) is 0 Å². The number of hydrogen-bond acceptors (Lipinski definition) is 2. The minimum absolute atomic E-state index is 0.219. The highest BCUT2D eigenvalue weighted by molar-refractivity contribution is 6.00. The Kier molecular flexibility index (Phi) is 5.48. The predicted molar refractivity (Wildman–Crippen MR) is 91.3 cm³/mol. The highest BCUT2D eigenvalue weighted by Gasteiger charge is 2.15. The Bertz CT molecular complexity index is 793. The summed E-state index contributed by atoms with van der Waals surface area (Å²) in [4.78, 5) is 12.5. The van der Waals surface area contributed by atoms with E-state index < -0.39 is 0 Å². The molecule has 1 aliphatic rings. The SMILES string of the molecule is Cn1c(C(=O)CCC2=CCC[N+](C)=C2)cc2ccccc21.[C-]#N. The van der Waals surface area contributed by atoms with E-state index in [-0.39, 0.29) is 5.78 Å². The second-order valence-corrected chi connectivity index (χ2v) is 5.75. The highest BCUT2D eigenvalue weighted by atomic mass is 16.1. The molecule has 0 aliphatic carbocycles. The molecule has 0 bridgehead atoms. The summed E-state index contributed by atoms with van der Waals surface area (Å²) in [6, 6.07) is 10.1. The fraction of sp³-hybridized carbons (Fsp3) is 0.316. The van der Waals surface area contributed by atoms with Crippen molar-refractivity contribution in [3.8, 4) is 0 Å². The third kappa shape index (κ3) is 3.75. The molecular weight excluding hydrogens is 286 g/mol. The van der Waals surface area contributed by atoms with Crippen LogP contribution in [0.1, 0.15) is 29.8 Å². The third-order valence-electron chi connectivity index (χ3n) is 4.15. The lowest BCUT2D eigenvalue weighted by atomic mass is 10.0. The number of hydrogen-bond donors (Lipinski definition) is 0. The van der Waals surface area contributed by atoms with Gasteiger partial charge in [-0.15, -0.1) is 0 Å². The van der Waals surface area contributed by atoms with Crippen molar-refractivity contribution in [1.29, 1.82) is 5.26 Å². The Morgan fingerprint density at radius 2 is 2.09 bits per heavy atom. The monoisotopic (exact) mass is 307 g/mol. The van der Waals surface area contributed by atoms with Crippen LogP contribution in [0.15, 0.2) is 42.0 Å². The molecule has 1 aliphatic heterocycles. The van der Waals surface area contributed by atoms with Crippen molar-refractivity contribution in [3.63, 3.8) is 0 Å². The number of rotatable bonds is 4. The van der Waals surface area contributed by atoms with Crippen molar-refractivity contribution in [3.05, 3.63) is 54.2 Å². The number of aromatic nitrogens is 1. The van der Waals surface area contributed by atoms with E-state index in [9.17, 15) is 4.79 Å². The molecule has 0 spiro atoms. The summed E-state index contributed by atoms with van der Waals surface area (Å²) in [5, 5.41) is 7.38. The van der Waals surface area contributed by atoms with Gasteiger partial charge in [-0.1, -0.05) is 24.3 Å². The van der Waals surface area contributed by atoms with Crippen molar-refractivity contribution >= 4 is 22.9 Å². The molecule has 0 radical (unpaired) electrons. The van der Waals surface area contributed by atoms with Gasteiger partial charge in [0.15, 0.2) is 12.0 Å². The van der Waals surface area contributed by atoms with Gasteiger partial charge in [0.05, 0.1) is 5.69 Å². The van der Waals surface area contributed by atoms with Crippen LogP contribution >= 0.6 is 0 Å². The summed E-state index contributed by atoms with van der Waals surface area (Å²) >= 11 is 0. The minimum atomic E-state index is 0.219. The predicted octanol–water partition coefficient (Wildman–Crippen LogP) is 3.28. The lowest BCUT2D eigenvalue weighted by Crippen LogP contribution is -2.15. The van der Waals surface area contributed by atoms with Crippen molar-refractivity contribution in [2.75, 3.05) is 13.6 Å². The van der Waals surface area contributed by atoms with Gasteiger partial charge in [0, 0.05) is 36.4 Å². The van der Waals surface area contributed by atoms with Gasteiger partial charge >= 0.3 is 0 Å². The Labute approximate surface area is 137 Å². The number of fused-ring (bicyclic) bond motifs is 1. The van der Waals surface area contributed by atoms with Gasteiger partial charge in [-0.05, 0) is 18.6 Å². The molecule has 1 aromatic heterocycles. The highest BCUT2D eigenvalue weighted by Crippen LogP contribution is 2.20. The first-order valence-corrected chi connectivity index (χ1v) is 7.69. The summed E-state index contributed by atoms with van der Waals surface area (Å²) in [5.41, 5.74) is 3.20. The first-order valence-electron chi connectivity index (χ1n) is 7.69. The first kappa shape index (κ1) is 16.7. The quantitative estimate of drug-likeness (QED) is 0.494. The van der Waals surface area contributed by atoms with Gasteiger partial charge in [0.25, 0.3) is 0 Å². The van der Waals surface area contributed by atoms with Crippen molar-refractivity contribution in [2.45, 2.75) is 19.3 Å². The molecule has 0 saturated carbocycles. The number of para-hydroxylation sites is 1. The summed E-state index contributed by atoms with van der Waals surface area (Å²) in [5.74, 6) is 0.219. The Balaban J connectivity index is 0.000000924. The number of carbonyl (C=O) groups is 1. The molecule has 0 saturated heterocycles. The fourth-order valence-corrected chi connectivity index (χ4v) is 2.96. The Morgan fingerprint density at radius 3 is 2.78 bits per heavy atom. The molecule has 3 rings (SSSR count). The number of carbonyl (C=O) groups excluding carboxylic acids is 1. The summed E-state index contributed by atoms with van der Waals surface area (Å²) in [6.45, 7) is 5.82. The van der Waals surface area contributed by atoms with E-state index in [0.29, 0.717) is 6.42 Å². The van der Waals surface area contributed by atoms with Crippen LogP contribution in [0.3, 0.4) is 0 Å². The second-order valence-electron chi connectivity index (χ2n) is 5.75. The molecule has 2 aromatic rings. The van der Waals surface area contributed by atoms with E-state index in [0.717, 1.165) is 36.0 Å². The number of allylic oxidation sites excluding steroid dienone is 1. The third-order valence-corrected chi connectivity index (χ3v) is 4.15. The average Bonchev–Trinajstić information content (AvgIpc) is 2.92. The molecule has 0 amide bonds. The molecule has 0 fully saturated rings. The fourth-order valence-electron chi connectivity index (χ4n) is 2.96. The maximum Gasteiger partial charge on any atom is 0.179 e. The van der Waals surface area contributed by atoms with E-state index in [1.54, 1.807) is 0 Å². The van der Waals surface area contributed by atoms with Gasteiger partial charge in [-0.3, -0.25) is 4.79 Å². The number of Topliss-reactive ketones (excluding diaryl/α,β-unsaturated/α-hetero) is 1. The van der Waals surface area contributed by atoms with Crippen LogP contribution in [-0.4, -0.2) is 34.7 Å². The lowest BCUT2D eigenvalue weighted by molar-refractivity contribution is -0.492. The normalized spacial score (nSPS) is 13.7. The van der Waals surface area contributed by atoms with Crippen molar-refractivity contribution in [2.24, 2.45) is 7.05 Å². The second kappa shape index (κ2) is 7.55. The minimum Gasteiger partial charge on any atom is -0.512 e. The van der Waals surface area contributed by atoms with E-state index in [1.807, 2.05) is 29.8 Å². The smallest absolute Gasteiger partial charge is 0.179 e. The van der Waals surface area contributed by atoms with Crippen LogP contribution in [0, 0.1) is 11.8 Å². The molecule has 2 heterocycles. The first-order chi connectivity index (χ1) is 11.1. The maximum atomic E-state index is 12.5. The average molecular weight is 307 g/mol. The number of nitrogens with zero attached hydrogens (tertiary/aromatic N) is 3. The largest absolute Gasteiger partial charge is 0.512 e. The van der Waals surface area contributed by atoms with E-state index in [2.05, 4.69) is 36.0 Å². The molecule has 118 valence electrons. The van der Waals surface area contributed by atoms with E-state index >= 15 is 0 Å². The molecular formula is C19H21N3O. The standard InChI is InChI=1S/C18H21N2O.CN/c1-19-11-5-6-14(13-19)9-10-18(21)17-12-15-7-3-4-8-16(15)20(17)2;1-2/h3-4,6-8,12-13H,5,9-11H2,1-2H3;/q+1;-1. The van der Waals surface area contributed by atoms with Crippen LogP contribution in [0.2, 0.25) is 0 Å². The number of ketones is 1. The molecule has 4 heteroatoms. The number of benzene rings is 1. The molecule has 0 unspecified atom stereocenters. The van der Waals surface area contributed by atoms with Crippen LogP contribution < -0.4 is 0 Å². The van der Waals surface area contributed by atoms with E-state index in [1.165, 1.54) is 5.57 Å². The topological polar surface area (TPSA) is 48.8 Å². The van der Waals surface area contributed by atoms with Gasteiger partial charge in [-0.25, -0.2) is 4.58 Å². The summed E-state index contributed by atoms with van der Waals surface area (Å²) in [6.07, 6.45) is 6.86. The molecule has 0 N–H and O–H groups in total. The molecule has 0 atom stereocenters.